The number of phenolic OH excluding ortho intramolecular Hbond substituents is 1. The smallest absolute Gasteiger partial charge is 0.255 e. The number of hydrogen-bond donors (Lipinski definition) is 3. The Balaban J connectivity index is 1.96. The summed E-state index contributed by atoms with van der Waals surface area (Å²) in [6.07, 6.45) is 1.09. The van der Waals surface area contributed by atoms with Gasteiger partial charge in [-0.2, -0.15) is 0 Å². The van der Waals surface area contributed by atoms with Crippen molar-refractivity contribution in [1.82, 2.24) is 10.6 Å². The van der Waals surface area contributed by atoms with E-state index in [1.54, 1.807) is 12.1 Å². The number of carbonyl (C=O) groups is 1. The monoisotopic (exact) mass is 298 g/mol. The zero-order valence-electron chi connectivity index (χ0n) is 9.37. The van der Waals surface area contributed by atoms with Crippen molar-refractivity contribution in [2.45, 2.75) is 6.42 Å². The van der Waals surface area contributed by atoms with Crippen molar-refractivity contribution >= 4 is 21.8 Å². The van der Waals surface area contributed by atoms with Gasteiger partial charge in [0.25, 0.3) is 5.91 Å². The van der Waals surface area contributed by atoms with Crippen LogP contribution < -0.4 is 10.6 Å². The predicted octanol–water partition coefficient (Wildman–Crippen LogP) is 1.49. The van der Waals surface area contributed by atoms with E-state index in [0.717, 1.165) is 24.0 Å². The molecule has 1 fully saturated rings. The third-order valence-electron chi connectivity index (χ3n) is 2.92. The van der Waals surface area contributed by atoms with E-state index in [0.29, 0.717) is 18.0 Å². The molecule has 0 saturated carbocycles. The lowest BCUT2D eigenvalue weighted by Gasteiger charge is -2.11. The molecule has 1 aliphatic rings. The van der Waals surface area contributed by atoms with Gasteiger partial charge in [0, 0.05) is 11.0 Å². The Kier molecular flexibility index (Phi) is 4.02. The molecular weight excluding hydrogens is 284 g/mol. The fraction of sp³-hybridized carbons (Fsp3) is 0.417. The maximum Gasteiger partial charge on any atom is 0.255 e. The lowest BCUT2D eigenvalue weighted by atomic mass is 10.1. The van der Waals surface area contributed by atoms with Crippen molar-refractivity contribution in [2.75, 3.05) is 19.6 Å². The number of hydrogen-bond acceptors (Lipinski definition) is 3. The van der Waals surface area contributed by atoms with Gasteiger partial charge < -0.3 is 15.7 Å². The number of carbonyl (C=O) groups excluding carboxylic acids is 1. The molecule has 0 aromatic heterocycles. The largest absolute Gasteiger partial charge is 0.507 e. The summed E-state index contributed by atoms with van der Waals surface area (Å²) in [7, 11) is 0. The van der Waals surface area contributed by atoms with Crippen molar-refractivity contribution in [3.05, 3.63) is 28.2 Å². The van der Waals surface area contributed by atoms with E-state index in [1.165, 1.54) is 6.07 Å². The lowest BCUT2D eigenvalue weighted by molar-refractivity contribution is 0.0945. The summed E-state index contributed by atoms with van der Waals surface area (Å²) in [4.78, 5) is 11.9. The Morgan fingerprint density at radius 2 is 2.41 bits per heavy atom. The quantitative estimate of drug-likeness (QED) is 0.792. The first-order valence-corrected chi connectivity index (χ1v) is 6.43. The van der Waals surface area contributed by atoms with E-state index >= 15 is 0 Å². The molecule has 92 valence electrons. The van der Waals surface area contributed by atoms with Gasteiger partial charge in [0.15, 0.2) is 0 Å². The predicted molar refractivity (Wildman–Crippen MR) is 69.1 cm³/mol. The average molecular weight is 299 g/mol. The molecule has 3 N–H and O–H groups in total. The van der Waals surface area contributed by atoms with Gasteiger partial charge in [0.1, 0.15) is 5.75 Å². The third kappa shape index (κ3) is 3.20. The van der Waals surface area contributed by atoms with Crippen molar-refractivity contribution in [1.29, 1.82) is 0 Å². The summed E-state index contributed by atoms with van der Waals surface area (Å²) >= 11 is 3.28. The summed E-state index contributed by atoms with van der Waals surface area (Å²) in [6.45, 7) is 2.62. The minimum absolute atomic E-state index is 0.00949. The molecule has 5 heteroatoms. The van der Waals surface area contributed by atoms with Crippen LogP contribution in [0.4, 0.5) is 0 Å². The lowest BCUT2D eigenvalue weighted by Crippen LogP contribution is -2.30. The van der Waals surface area contributed by atoms with Gasteiger partial charge in [-0.25, -0.2) is 0 Å². The first-order chi connectivity index (χ1) is 8.16. The summed E-state index contributed by atoms with van der Waals surface area (Å²) in [5.74, 6) is 0.277. The molecule has 4 nitrogen and oxygen atoms in total. The summed E-state index contributed by atoms with van der Waals surface area (Å²) in [6, 6.07) is 4.83. The van der Waals surface area contributed by atoms with Gasteiger partial charge in [0.2, 0.25) is 0 Å². The zero-order chi connectivity index (χ0) is 12.3. The second-order valence-electron chi connectivity index (χ2n) is 4.23. The maximum atomic E-state index is 11.9. The molecule has 1 atom stereocenters. The standard InChI is InChI=1S/C12H15BrN2O2/c13-9-1-2-11(16)10(5-9)12(17)15-7-8-3-4-14-6-8/h1-2,5,8,14,16H,3-4,6-7H2,(H,15,17). The Bertz CT molecular complexity index is 417. The van der Waals surface area contributed by atoms with Crippen LogP contribution in [0.15, 0.2) is 22.7 Å². The van der Waals surface area contributed by atoms with E-state index in [4.69, 9.17) is 0 Å². The number of benzene rings is 1. The molecule has 1 aliphatic heterocycles. The highest BCUT2D eigenvalue weighted by molar-refractivity contribution is 9.10. The van der Waals surface area contributed by atoms with Crippen LogP contribution in [-0.4, -0.2) is 30.6 Å². The van der Waals surface area contributed by atoms with Crippen LogP contribution >= 0.6 is 15.9 Å². The van der Waals surface area contributed by atoms with Gasteiger partial charge >= 0.3 is 0 Å². The van der Waals surface area contributed by atoms with Gasteiger partial charge in [-0.1, -0.05) is 15.9 Å². The average Bonchev–Trinajstić information content (AvgIpc) is 2.82. The molecule has 1 amide bonds. The molecule has 17 heavy (non-hydrogen) atoms. The second-order valence-corrected chi connectivity index (χ2v) is 5.15. The molecule has 2 rings (SSSR count). The highest BCUT2D eigenvalue weighted by Crippen LogP contribution is 2.21. The van der Waals surface area contributed by atoms with E-state index in [1.807, 2.05) is 0 Å². The first-order valence-electron chi connectivity index (χ1n) is 5.64. The Morgan fingerprint density at radius 3 is 3.12 bits per heavy atom. The highest BCUT2D eigenvalue weighted by atomic mass is 79.9. The fourth-order valence-corrected chi connectivity index (χ4v) is 2.27. The minimum Gasteiger partial charge on any atom is -0.507 e. The summed E-state index contributed by atoms with van der Waals surface area (Å²) in [5, 5.41) is 15.7. The number of halogens is 1. The van der Waals surface area contributed by atoms with Gasteiger partial charge in [0.05, 0.1) is 5.56 Å². The molecule has 1 heterocycles. The molecule has 0 radical (unpaired) electrons. The van der Waals surface area contributed by atoms with Crippen molar-refractivity contribution in [3.63, 3.8) is 0 Å². The number of amides is 1. The Hall–Kier alpha value is -1.07. The van der Waals surface area contributed by atoms with Crippen LogP contribution in [0.1, 0.15) is 16.8 Å². The number of rotatable bonds is 3. The van der Waals surface area contributed by atoms with Gasteiger partial charge in [-0.3, -0.25) is 4.79 Å². The van der Waals surface area contributed by atoms with E-state index in [2.05, 4.69) is 26.6 Å². The zero-order valence-corrected chi connectivity index (χ0v) is 11.0. The Labute approximate surface area is 109 Å². The SMILES string of the molecule is O=C(NCC1CCNC1)c1cc(Br)ccc1O. The number of phenols is 1. The minimum atomic E-state index is -0.226. The molecule has 1 saturated heterocycles. The number of nitrogens with one attached hydrogen (secondary N) is 2. The van der Waals surface area contributed by atoms with E-state index in [-0.39, 0.29) is 11.7 Å². The fourth-order valence-electron chi connectivity index (χ4n) is 1.91. The molecule has 0 bridgehead atoms. The van der Waals surface area contributed by atoms with Crippen LogP contribution in [0.3, 0.4) is 0 Å². The molecule has 0 aliphatic carbocycles. The van der Waals surface area contributed by atoms with Crippen LogP contribution in [0.25, 0.3) is 0 Å². The van der Waals surface area contributed by atoms with Gasteiger partial charge in [-0.15, -0.1) is 0 Å². The van der Waals surface area contributed by atoms with Crippen LogP contribution in [0, 0.1) is 5.92 Å². The highest BCUT2D eigenvalue weighted by Gasteiger charge is 2.17. The molecular formula is C12H15BrN2O2. The van der Waals surface area contributed by atoms with E-state index < -0.39 is 0 Å². The van der Waals surface area contributed by atoms with Crippen LogP contribution in [0.2, 0.25) is 0 Å². The molecule has 0 spiro atoms. The molecule has 1 unspecified atom stereocenters. The Morgan fingerprint density at radius 1 is 1.59 bits per heavy atom. The summed E-state index contributed by atoms with van der Waals surface area (Å²) in [5.41, 5.74) is 0.310. The molecule has 1 aromatic carbocycles. The van der Waals surface area contributed by atoms with Crippen molar-refractivity contribution < 1.29 is 9.90 Å². The normalized spacial score (nSPS) is 19.2. The first kappa shape index (κ1) is 12.4. The second kappa shape index (κ2) is 5.51. The maximum absolute atomic E-state index is 11.9. The number of aromatic hydroxyl groups is 1. The summed E-state index contributed by atoms with van der Waals surface area (Å²) < 4.78 is 0.781. The van der Waals surface area contributed by atoms with Gasteiger partial charge in [-0.05, 0) is 43.6 Å². The third-order valence-corrected chi connectivity index (χ3v) is 3.41. The van der Waals surface area contributed by atoms with Crippen LogP contribution in [0.5, 0.6) is 5.75 Å². The van der Waals surface area contributed by atoms with E-state index in [9.17, 15) is 9.90 Å². The van der Waals surface area contributed by atoms with Crippen molar-refractivity contribution in [3.8, 4) is 5.75 Å². The topological polar surface area (TPSA) is 61.4 Å². The van der Waals surface area contributed by atoms with Crippen molar-refractivity contribution in [2.24, 2.45) is 5.92 Å². The molecule has 1 aromatic rings. The van der Waals surface area contributed by atoms with Crippen LogP contribution in [-0.2, 0) is 0 Å².